The van der Waals surface area contributed by atoms with E-state index in [9.17, 15) is 76.7 Å². The topological polar surface area (TPSA) is 531 Å². The minimum Gasteiger partial charge on any atom is -0.380 e. The molecule has 720 valence electrons. The van der Waals surface area contributed by atoms with Gasteiger partial charge in [-0.05, 0) is 105 Å². The summed E-state index contributed by atoms with van der Waals surface area (Å²) in [5.41, 5.74) is 1.62. The Labute approximate surface area is 753 Å². The summed E-state index contributed by atoms with van der Waals surface area (Å²) in [5, 5.41) is 43.4. The number of ether oxygens (including phenoxy) is 8. The van der Waals surface area contributed by atoms with Crippen molar-refractivity contribution in [3.05, 3.63) is 47.6 Å². The first-order valence-electron chi connectivity index (χ1n) is 44.1. The molecule has 8 amide bonds. The third-order valence-electron chi connectivity index (χ3n) is 19.7. The van der Waals surface area contributed by atoms with Gasteiger partial charge in [0, 0.05) is 182 Å². The van der Waals surface area contributed by atoms with E-state index < -0.39 is 52.7 Å². The molecule has 0 aliphatic rings. The van der Waals surface area contributed by atoms with Crippen LogP contribution in [0.1, 0.15) is 179 Å². The highest BCUT2D eigenvalue weighted by Gasteiger charge is 2.34. The maximum absolute atomic E-state index is 13.1. The Morgan fingerprint density at radius 3 is 0.698 bits per heavy atom. The van der Waals surface area contributed by atoms with Crippen LogP contribution in [0.3, 0.4) is 0 Å². The summed E-state index contributed by atoms with van der Waals surface area (Å²) in [5.74, 6) is -3.79. The van der Waals surface area contributed by atoms with Gasteiger partial charge >= 0.3 is 0 Å². The van der Waals surface area contributed by atoms with E-state index in [1.165, 1.54) is 75.5 Å². The zero-order chi connectivity index (χ0) is 94.4. The van der Waals surface area contributed by atoms with Gasteiger partial charge in [-0.2, -0.15) is 0 Å². The molecule has 0 unspecified atom stereocenters. The summed E-state index contributed by atoms with van der Waals surface area (Å²) >= 11 is 0. The second-order valence-electron chi connectivity index (χ2n) is 32.0. The predicted octanol–water partition coefficient (Wildman–Crippen LogP) is 0.175. The number of carbonyl (C=O) groups excluding carboxylic acids is 16. The van der Waals surface area contributed by atoms with E-state index in [1.54, 1.807) is 43.5 Å². The van der Waals surface area contributed by atoms with Crippen molar-refractivity contribution in [3.8, 4) is 0 Å². The van der Waals surface area contributed by atoms with Crippen molar-refractivity contribution in [3.63, 3.8) is 0 Å². The number of nitrogens with one attached hydrogen (secondary N) is 4. The summed E-state index contributed by atoms with van der Waals surface area (Å²) in [7, 11) is 5.97. The monoisotopic (exact) mass is 1820 g/mol. The van der Waals surface area contributed by atoms with Crippen molar-refractivity contribution < 1.29 is 115 Å². The fourth-order valence-electron chi connectivity index (χ4n) is 12.1. The lowest BCUT2D eigenvalue weighted by atomic mass is 9.92. The second-order valence-corrected chi connectivity index (χ2v) is 32.0. The molecule has 0 saturated heterocycles. The van der Waals surface area contributed by atoms with Gasteiger partial charge in [0.1, 0.15) is 49.6 Å². The van der Waals surface area contributed by atoms with Crippen molar-refractivity contribution in [2.45, 2.75) is 208 Å². The number of Topliss-reactive ketones (excluding diaryl/α,β-unsaturated/α-hetero) is 8. The van der Waals surface area contributed by atoms with Crippen molar-refractivity contribution in [1.82, 2.24) is 101 Å². The molecule has 0 radical (unpaired) electrons. The molecule has 0 spiro atoms. The lowest BCUT2D eigenvalue weighted by molar-refractivity contribution is -0.138. The molecule has 0 aliphatic carbocycles. The lowest BCUT2D eigenvalue weighted by Gasteiger charge is -2.33. The van der Waals surface area contributed by atoms with E-state index in [1.807, 2.05) is 0 Å². The Kier molecular flexibility index (Phi) is 56.5. The number of likely N-dealkylation sites (N-methyl/N-ethyl adjacent to an activating group) is 4. The quantitative estimate of drug-likeness (QED) is 0.0428. The van der Waals surface area contributed by atoms with Gasteiger partial charge < -0.3 is 97.9 Å². The molecule has 0 aliphatic heterocycles. The van der Waals surface area contributed by atoms with Crippen molar-refractivity contribution in [2.75, 3.05) is 186 Å². The van der Waals surface area contributed by atoms with Gasteiger partial charge in [0.25, 0.3) is 0 Å². The predicted molar refractivity (Wildman–Crippen MR) is 462 cm³/mol. The Morgan fingerprint density at radius 1 is 0.287 bits per heavy atom. The fraction of sp³-hybridized carbons (Fsp3) is 0.718. The van der Waals surface area contributed by atoms with Crippen molar-refractivity contribution in [1.29, 1.82) is 0 Å². The summed E-state index contributed by atoms with van der Waals surface area (Å²) in [4.78, 5) is 205. The van der Waals surface area contributed by atoms with Crippen molar-refractivity contribution in [2.24, 2.45) is 5.41 Å². The number of rotatable bonds is 80. The summed E-state index contributed by atoms with van der Waals surface area (Å²) < 4.78 is 53.3. The highest BCUT2D eigenvalue weighted by Crippen LogP contribution is 2.22. The summed E-state index contributed by atoms with van der Waals surface area (Å²) in [6, 6.07) is 0. The van der Waals surface area contributed by atoms with Gasteiger partial charge in [0.2, 0.25) is 47.3 Å². The van der Waals surface area contributed by atoms with Gasteiger partial charge in [-0.25, -0.2) is 0 Å². The highest BCUT2D eigenvalue weighted by molar-refractivity contribution is 5.89. The number of nitrogens with zero attached hydrogens (tertiary/aromatic N) is 16. The number of unbranched alkanes of at least 4 members (excludes halogenated alkanes) is 4. The maximum Gasteiger partial charge on any atom is 0.248 e. The third-order valence-corrected chi connectivity index (χ3v) is 19.7. The molecule has 44 heteroatoms. The lowest BCUT2D eigenvalue weighted by Crippen LogP contribution is -2.43. The number of ketones is 8. The van der Waals surface area contributed by atoms with E-state index in [0.29, 0.717) is 152 Å². The SMILES string of the molecule is CC(=O)CCc1cn(CCCCC(=O)CN(C)C(=O)COCCNC(=O)CCOCC(COCCC(=O)NCCOCC(=O)N(C)CC(=O)CCCCn2cc(CCC(C)=O)nn2)(COCCC(=O)NCCOCC(=O)N(C)CC(=O)CCCCn2cc(CCC(C)=O)nn2)COCCC(=O)NCCOCC(=O)N(C)CC(=O)CCCCn2cc(CCC(C)=O)nn2)nn1. The molecule has 0 saturated carbocycles. The highest BCUT2D eigenvalue weighted by atomic mass is 16.5. The molecule has 0 aromatic carbocycles. The zero-order valence-electron chi connectivity index (χ0n) is 76.5. The average molecular weight is 1820 g/mol. The molecule has 4 N–H and O–H groups in total. The maximum atomic E-state index is 13.1. The second kappa shape index (κ2) is 65.8. The van der Waals surface area contributed by atoms with Crippen LogP contribution in [0.4, 0.5) is 0 Å². The van der Waals surface area contributed by atoms with Gasteiger partial charge in [0.05, 0.1) is 134 Å². The van der Waals surface area contributed by atoms with Gasteiger partial charge in [-0.3, -0.25) is 76.3 Å². The molecule has 44 nitrogen and oxygen atoms in total. The zero-order valence-corrected chi connectivity index (χ0v) is 76.5. The standard InChI is InChI=1S/C85H136N20O24/c1-65(106)21-25-69-49-102(94-90-69)37-13-9-17-73(110)53-98(5)81(118)57-122-45-33-86-77(114)29-41-126-61-85(62-127-42-30-78(115)87-34-46-123-58-82(119)99(6)54-74(111)18-10-14-38-103-50-70(91-95-103)26-22-66(2)107,63-128-43-31-79(116)88-35-47-124-59-83(120)100(7)55-75(112)19-11-15-39-104-51-71(92-96-104)27-23-67(3)108)64-129-44-32-80(117)89-36-48-125-60-84(121)101(8)56-76(113)20-12-16-40-105-52-72(93-97-105)28-24-68(4)109/h49-52H,9-48,53-64H2,1-8H3,(H,86,114)(H,87,115)(H,88,116)(H,89,117). The van der Waals surface area contributed by atoms with Crippen molar-refractivity contribution >= 4 is 93.5 Å². The minimum absolute atomic E-state index is 0.0242. The normalized spacial score (nSPS) is 11.3. The number of hydrogen-bond donors (Lipinski definition) is 4. The van der Waals surface area contributed by atoms with Crippen LogP contribution in [0.25, 0.3) is 0 Å². The Balaban J connectivity index is 1.30. The Bertz CT molecular complexity index is 3600. The first-order valence-corrected chi connectivity index (χ1v) is 44.1. The van der Waals surface area contributed by atoms with Crippen LogP contribution >= 0.6 is 0 Å². The van der Waals surface area contributed by atoms with Gasteiger partial charge in [-0.15, -0.1) is 20.4 Å². The molecule has 0 bridgehead atoms. The van der Waals surface area contributed by atoms with E-state index >= 15 is 0 Å². The number of hydrogen-bond acceptors (Lipinski definition) is 32. The molecule has 0 fully saturated rings. The van der Waals surface area contributed by atoms with Gasteiger partial charge in [0.15, 0.2) is 23.1 Å². The molecule has 4 rings (SSSR count). The summed E-state index contributed by atoms with van der Waals surface area (Å²) in [6.45, 7) is 4.96. The fourth-order valence-corrected chi connectivity index (χ4v) is 12.1. The van der Waals surface area contributed by atoms with Crippen LogP contribution in [-0.2, 0) is 166 Å². The largest absolute Gasteiger partial charge is 0.380 e. The van der Waals surface area contributed by atoms with Crippen LogP contribution in [0, 0.1) is 5.41 Å². The molecular weight excluding hydrogens is 1690 g/mol. The number of carbonyl (C=O) groups is 16. The van der Waals surface area contributed by atoms with Gasteiger partial charge in [-0.1, -0.05) is 20.9 Å². The first-order chi connectivity index (χ1) is 61.8. The number of amides is 8. The first kappa shape index (κ1) is 111. The minimum atomic E-state index is -1.24. The van der Waals surface area contributed by atoms with E-state index in [0.717, 1.165) is 0 Å². The Hall–Kier alpha value is -10.6. The number of aromatic nitrogens is 12. The van der Waals surface area contributed by atoms with Crippen LogP contribution in [-0.4, -0.2) is 359 Å². The molecule has 4 heterocycles. The van der Waals surface area contributed by atoms with Crippen LogP contribution in [0.15, 0.2) is 24.8 Å². The van der Waals surface area contributed by atoms with E-state index in [2.05, 4.69) is 62.5 Å². The molecular formula is C85H136N20O24. The van der Waals surface area contributed by atoms with E-state index in [4.69, 9.17) is 37.9 Å². The van der Waals surface area contributed by atoms with Crippen LogP contribution < -0.4 is 21.3 Å². The summed E-state index contributed by atoms with van der Waals surface area (Å²) in [6.07, 6.45) is 15.9. The van der Waals surface area contributed by atoms with Crippen LogP contribution in [0.5, 0.6) is 0 Å². The average Bonchev–Trinajstić information content (AvgIpc) is 1.87. The smallest absolute Gasteiger partial charge is 0.248 e. The third kappa shape index (κ3) is 54.5. The molecule has 4 aromatic heterocycles. The number of aryl methyl sites for hydroxylation is 8. The Morgan fingerprint density at radius 2 is 0.496 bits per heavy atom. The van der Waals surface area contributed by atoms with Crippen LogP contribution in [0.2, 0.25) is 0 Å². The van der Waals surface area contributed by atoms with E-state index in [-0.39, 0.29) is 256 Å². The molecule has 129 heavy (non-hydrogen) atoms. The molecule has 4 aromatic rings. The molecule has 0 atom stereocenters.